The number of aliphatic hydroxyl groups excluding tert-OH is 1. The fourth-order valence-electron chi connectivity index (χ4n) is 7.77. The van der Waals surface area contributed by atoms with Gasteiger partial charge >= 0.3 is 0 Å². The second-order valence-corrected chi connectivity index (χ2v) is 12.2. The molecule has 0 bridgehead atoms. The average molecular weight is 506 g/mol. The largest absolute Gasteiger partial charge is 0.508 e. The lowest BCUT2D eigenvalue weighted by molar-refractivity contribution is -0.0396. The van der Waals surface area contributed by atoms with E-state index in [0.717, 1.165) is 30.5 Å². The van der Waals surface area contributed by atoms with E-state index in [1.807, 2.05) is 12.1 Å². The van der Waals surface area contributed by atoms with Gasteiger partial charge in [-0.2, -0.15) is 0 Å². The number of rotatable bonds is 11. The maximum Gasteiger partial charge on any atom is 0.115 e. The highest BCUT2D eigenvalue weighted by molar-refractivity contribution is 9.09. The molecule has 0 saturated heterocycles. The normalized spacial score (nSPS) is 33.5. The topological polar surface area (TPSA) is 40.5 Å². The molecule has 6 atom stereocenters. The molecule has 1 aromatic rings. The number of hydrogen-bond acceptors (Lipinski definition) is 2. The molecule has 0 radical (unpaired) electrons. The van der Waals surface area contributed by atoms with E-state index in [4.69, 9.17) is 0 Å². The molecule has 0 spiro atoms. The van der Waals surface area contributed by atoms with Gasteiger partial charge in [-0.3, -0.25) is 0 Å². The van der Waals surface area contributed by atoms with E-state index < -0.39 is 0 Å². The second kappa shape index (κ2) is 11.3. The van der Waals surface area contributed by atoms with Gasteiger partial charge < -0.3 is 10.2 Å². The number of phenols is 1. The first-order valence-electron chi connectivity index (χ1n) is 13.6. The predicted molar refractivity (Wildman–Crippen MR) is 138 cm³/mol. The van der Waals surface area contributed by atoms with E-state index in [-0.39, 0.29) is 11.5 Å². The molecule has 3 aliphatic rings. The molecular weight excluding hydrogens is 460 g/mol. The van der Waals surface area contributed by atoms with Crippen LogP contribution in [0.2, 0.25) is 0 Å². The van der Waals surface area contributed by atoms with E-state index in [2.05, 4.69) is 28.9 Å². The minimum Gasteiger partial charge on any atom is -0.508 e. The van der Waals surface area contributed by atoms with E-state index >= 15 is 0 Å². The molecule has 32 heavy (non-hydrogen) atoms. The summed E-state index contributed by atoms with van der Waals surface area (Å²) in [5.41, 5.74) is 3.04. The van der Waals surface area contributed by atoms with Gasteiger partial charge in [0.15, 0.2) is 0 Å². The summed E-state index contributed by atoms with van der Waals surface area (Å²) in [4.78, 5) is 0. The lowest BCUT2D eigenvalue weighted by atomic mass is 9.52. The van der Waals surface area contributed by atoms with Gasteiger partial charge in [-0.15, -0.1) is 0 Å². The molecule has 0 aliphatic heterocycles. The van der Waals surface area contributed by atoms with Crippen LogP contribution in [-0.2, 0) is 6.42 Å². The summed E-state index contributed by atoms with van der Waals surface area (Å²) in [6, 6.07) is 6.16. The van der Waals surface area contributed by atoms with Crippen molar-refractivity contribution in [3.8, 4) is 5.75 Å². The zero-order chi connectivity index (χ0) is 22.6. The van der Waals surface area contributed by atoms with E-state index in [1.165, 1.54) is 88.2 Å². The Morgan fingerprint density at radius 2 is 1.62 bits per heavy atom. The summed E-state index contributed by atoms with van der Waals surface area (Å²) < 4.78 is 0. The number of alkyl halides is 1. The highest BCUT2D eigenvalue weighted by atomic mass is 79.9. The Morgan fingerprint density at radius 1 is 0.938 bits per heavy atom. The summed E-state index contributed by atoms with van der Waals surface area (Å²) in [5, 5.41) is 22.1. The first-order chi connectivity index (χ1) is 15.5. The Morgan fingerprint density at radius 3 is 2.34 bits per heavy atom. The van der Waals surface area contributed by atoms with Crippen LogP contribution in [0.15, 0.2) is 18.2 Å². The number of benzene rings is 1. The Bertz CT molecular complexity index is 734. The molecule has 0 amide bonds. The fraction of sp³-hybridized carbons (Fsp3) is 0.793. The third kappa shape index (κ3) is 5.24. The number of hydrogen-bond donors (Lipinski definition) is 2. The maximum atomic E-state index is 10.8. The average Bonchev–Trinajstić information content (AvgIpc) is 3.09. The highest BCUT2D eigenvalue weighted by Gasteiger charge is 2.56. The SMILES string of the molecule is C[C@]12CC[C@@H]3c4ccc(O)cc4C[C@@H](CCCCCCCCCCCBr)[C@H]3[C@@H]1CC[C@@H]2O. The van der Waals surface area contributed by atoms with Gasteiger partial charge in [0.1, 0.15) is 5.75 Å². The first kappa shape index (κ1) is 24.6. The molecule has 180 valence electrons. The van der Waals surface area contributed by atoms with E-state index in [1.54, 1.807) is 0 Å². The third-order valence-electron chi connectivity index (χ3n) is 9.54. The van der Waals surface area contributed by atoms with Crippen LogP contribution in [0.4, 0.5) is 0 Å². The van der Waals surface area contributed by atoms with Gasteiger partial charge in [0.05, 0.1) is 6.10 Å². The van der Waals surface area contributed by atoms with Crippen molar-refractivity contribution in [2.45, 2.75) is 115 Å². The molecule has 2 nitrogen and oxygen atoms in total. The van der Waals surface area contributed by atoms with E-state index in [0.29, 0.717) is 23.5 Å². The molecule has 2 saturated carbocycles. The van der Waals surface area contributed by atoms with Crippen LogP contribution in [0.5, 0.6) is 5.75 Å². The molecule has 0 aromatic heterocycles. The number of aliphatic hydroxyl groups is 1. The molecule has 0 heterocycles. The fourth-order valence-corrected chi connectivity index (χ4v) is 8.17. The van der Waals surface area contributed by atoms with Gasteiger partial charge in [-0.05, 0) is 97.3 Å². The monoisotopic (exact) mass is 504 g/mol. The zero-order valence-corrected chi connectivity index (χ0v) is 21.8. The lowest BCUT2D eigenvalue weighted by Crippen LogP contribution is -2.47. The zero-order valence-electron chi connectivity index (χ0n) is 20.2. The van der Waals surface area contributed by atoms with Gasteiger partial charge in [-0.1, -0.05) is 80.3 Å². The van der Waals surface area contributed by atoms with Crippen molar-refractivity contribution in [3.63, 3.8) is 0 Å². The second-order valence-electron chi connectivity index (χ2n) is 11.4. The Hall–Kier alpha value is -0.540. The van der Waals surface area contributed by atoms with Crippen LogP contribution in [0.3, 0.4) is 0 Å². The summed E-state index contributed by atoms with van der Waals surface area (Å²) in [6.07, 6.45) is 19.3. The van der Waals surface area contributed by atoms with Crippen molar-refractivity contribution in [1.82, 2.24) is 0 Å². The van der Waals surface area contributed by atoms with Crippen molar-refractivity contribution in [1.29, 1.82) is 0 Å². The minimum atomic E-state index is -0.107. The number of fused-ring (bicyclic) bond motifs is 5. The van der Waals surface area contributed by atoms with Crippen molar-refractivity contribution < 1.29 is 10.2 Å². The summed E-state index contributed by atoms with van der Waals surface area (Å²) >= 11 is 3.52. The standard InChI is InChI=1S/C29H45BrO2/c1-29-17-16-25-24-13-12-23(31)20-22(24)19-21(28(25)26(29)14-15-27(29)32)11-9-7-5-3-2-4-6-8-10-18-30/h12-13,20-21,25-28,31-32H,2-11,14-19H2,1H3/t21-,25-,26+,27+,28-,29+/m1/s1. The Kier molecular flexibility index (Phi) is 8.65. The van der Waals surface area contributed by atoms with Crippen molar-refractivity contribution in [3.05, 3.63) is 29.3 Å². The Balaban J connectivity index is 1.34. The summed E-state index contributed by atoms with van der Waals surface area (Å²) in [6.45, 7) is 2.38. The molecule has 0 unspecified atom stereocenters. The highest BCUT2D eigenvalue weighted by Crippen LogP contribution is 2.62. The molecule has 4 rings (SSSR count). The number of halogens is 1. The molecule has 3 aliphatic carbocycles. The van der Waals surface area contributed by atoms with Crippen molar-refractivity contribution >= 4 is 15.9 Å². The minimum absolute atomic E-state index is 0.107. The van der Waals surface area contributed by atoms with Gasteiger partial charge in [0.2, 0.25) is 0 Å². The molecule has 2 N–H and O–H groups in total. The lowest BCUT2D eigenvalue weighted by Gasteiger charge is -2.53. The van der Waals surface area contributed by atoms with Crippen LogP contribution in [0.1, 0.15) is 114 Å². The number of aromatic hydroxyl groups is 1. The summed E-state index contributed by atoms with van der Waals surface area (Å²) in [5.74, 6) is 3.16. The van der Waals surface area contributed by atoms with Crippen molar-refractivity contribution in [2.24, 2.45) is 23.2 Å². The number of unbranched alkanes of at least 4 members (excludes halogenated alkanes) is 8. The van der Waals surface area contributed by atoms with Crippen LogP contribution in [-0.4, -0.2) is 21.6 Å². The molecular formula is C29H45BrO2. The van der Waals surface area contributed by atoms with Gasteiger partial charge in [0.25, 0.3) is 0 Å². The van der Waals surface area contributed by atoms with Crippen LogP contribution in [0.25, 0.3) is 0 Å². The molecule has 1 aromatic carbocycles. The van der Waals surface area contributed by atoms with Crippen LogP contribution < -0.4 is 0 Å². The predicted octanol–water partition coefficient (Wildman–Crippen LogP) is 8.13. The van der Waals surface area contributed by atoms with Gasteiger partial charge in [-0.25, -0.2) is 0 Å². The molecule has 2 fully saturated rings. The van der Waals surface area contributed by atoms with Gasteiger partial charge in [0, 0.05) is 5.33 Å². The third-order valence-corrected chi connectivity index (χ3v) is 10.1. The quantitative estimate of drug-likeness (QED) is 0.235. The van der Waals surface area contributed by atoms with E-state index in [9.17, 15) is 10.2 Å². The molecule has 3 heteroatoms. The summed E-state index contributed by atoms with van der Waals surface area (Å²) in [7, 11) is 0. The van der Waals surface area contributed by atoms with Crippen LogP contribution >= 0.6 is 15.9 Å². The number of phenolic OH excluding ortho intramolecular Hbond substituents is 1. The van der Waals surface area contributed by atoms with Crippen LogP contribution in [0, 0.1) is 23.2 Å². The van der Waals surface area contributed by atoms with Crippen molar-refractivity contribution in [2.75, 3.05) is 5.33 Å². The maximum absolute atomic E-state index is 10.8. The first-order valence-corrected chi connectivity index (χ1v) is 14.7. The smallest absolute Gasteiger partial charge is 0.115 e. The Labute approximate surface area is 204 Å².